The largest absolute Gasteiger partial charge is 0.381 e. The number of benzene rings is 2. The molecule has 10 nitrogen and oxygen atoms in total. The molecule has 0 aliphatic carbocycles. The molecule has 3 heterocycles. The number of amides is 1. The van der Waals surface area contributed by atoms with Crippen LogP contribution in [0.2, 0.25) is 0 Å². The smallest absolute Gasteiger partial charge is 0.263 e. The summed E-state index contributed by atoms with van der Waals surface area (Å²) >= 11 is 0. The van der Waals surface area contributed by atoms with Crippen molar-refractivity contribution in [2.45, 2.75) is 13.3 Å². The number of anilines is 2. The van der Waals surface area contributed by atoms with Crippen LogP contribution >= 0.6 is 0 Å². The van der Waals surface area contributed by atoms with E-state index in [-0.39, 0.29) is 16.9 Å². The molecule has 0 saturated carbocycles. The van der Waals surface area contributed by atoms with Crippen molar-refractivity contribution >= 4 is 40.5 Å². The summed E-state index contributed by atoms with van der Waals surface area (Å²) < 4.78 is 5.05. The van der Waals surface area contributed by atoms with Crippen LogP contribution in [0.15, 0.2) is 84.3 Å². The molecule has 0 aliphatic rings. The molecule has 0 aliphatic heterocycles. The number of nitrogens with two attached hydrogens (primary N) is 2. The first-order valence-electron chi connectivity index (χ1n) is 13.1. The maximum Gasteiger partial charge on any atom is 0.263 e. The van der Waals surface area contributed by atoms with Gasteiger partial charge in [0, 0.05) is 38.2 Å². The molecule has 10 heteroatoms. The van der Waals surface area contributed by atoms with Crippen LogP contribution in [0.4, 0.5) is 11.6 Å². The Bertz CT molecular complexity index is 1780. The van der Waals surface area contributed by atoms with Gasteiger partial charge in [-0.05, 0) is 47.7 Å². The second-order valence-corrected chi connectivity index (χ2v) is 9.29. The summed E-state index contributed by atoms with van der Waals surface area (Å²) in [5.41, 5.74) is 14.6. The Hall–Kier alpha value is -5.38. The number of nitrogens with one attached hydrogen (secondary N) is 1. The van der Waals surface area contributed by atoms with E-state index >= 15 is 0 Å². The molecule has 0 atom stereocenters. The molecule has 0 radical (unpaired) electrons. The van der Waals surface area contributed by atoms with Gasteiger partial charge in [0.2, 0.25) is 0 Å². The highest BCUT2D eigenvalue weighted by Crippen LogP contribution is 2.22. The third kappa shape index (κ3) is 6.27. The monoisotopic (exact) mass is 550 g/mol. The summed E-state index contributed by atoms with van der Waals surface area (Å²) in [5.74, 6) is 0.0450. The van der Waals surface area contributed by atoms with Crippen LogP contribution in [0.5, 0.6) is 0 Å². The van der Waals surface area contributed by atoms with E-state index < -0.39 is 5.91 Å². The molecule has 2 aromatic carbocycles. The summed E-state index contributed by atoms with van der Waals surface area (Å²) in [5, 5.41) is 12.9. The standard InChI is InChI=1S/C23H21N3O.C8H13N5O/c1-3-20-16-18-9-7-8-17(12-13-19-14-15-25(2)24-19)22(18)23(27)26(20)21-10-5-4-6-11-21;1-3-4-11-8-5(7(10)14)6(9)12-13(8)2/h4-16H,3H2,1-2H3;3,11H,1,4H2,2H3,(H2,9,12)(H2,10,14)/b13-12+;. The molecule has 5 rings (SSSR count). The van der Waals surface area contributed by atoms with Crippen molar-refractivity contribution in [2.24, 2.45) is 19.8 Å². The summed E-state index contributed by atoms with van der Waals surface area (Å²) in [7, 11) is 3.56. The van der Waals surface area contributed by atoms with Gasteiger partial charge in [-0.2, -0.15) is 10.2 Å². The van der Waals surface area contributed by atoms with Gasteiger partial charge in [-0.1, -0.05) is 55.5 Å². The molecular weight excluding hydrogens is 516 g/mol. The SMILES string of the molecule is C=CCNc1c(C(N)=O)c(N)nn1C.CCc1cc2cccc(/C=C/c3ccn(C)n3)c2c(=O)n1-c1ccccc1. The van der Waals surface area contributed by atoms with Crippen molar-refractivity contribution in [1.82, 2.24) is 24.1 Å². The lowest BCUT2D eigenvalue weighted by atomic mass is 10.0. The molecule has 0 saturated heterocycles. The lowest BCUT2D eigenvalue weighted by molar-refractivity contribution is 0.100. The normalized spacial score (nSPS) is 10.9. The van der Waals surface area contributed by atoms with Crippen molar-refractivity contribution in [2.75, 3.05) is 17.6 Å². The first kappa shape index (κ1) is 28.6. The lowest BCUT2D eigenvalue weighted by Gasteiger charge is -2.14. The number of carbonyl (C=O) groups excluding carboxylic acids is 1. The Kier molecular flexibility index (Phi) is 8.83. The second-order valence-electron chi connectivity index (χ2n) is 9.29. The van der Waals surface area contributed by atoms with Crippen LogP contribution in [-0.2, 0) is 20.5 Å². The minimum Gasteiger partial charge on any atom is -0.381 e. The van der Waals surface area contributed by atoms with Gasteiger partial charge in [0.15, 0.2) is 5.82 Å². The van der Waals surface area contributed by atoms with E-state index in [1.54, 1.807) is 17.8 Å². The first-order valence-corrected chi connectivity index (χ1v) is 13.1. The maximum absolute atomic E-state index is 13.5. The lowest BCUT2D eigenvalue weighted by Crippen LogP contribution is -2.22. The number of hydrogen-bond donors (Lipinski definition) is 3. The average molecular weight is 551 g/mol. The van der Waals surface area contributed by atoms with Gasteiger partial charge < -0.3 is 16.8 Å². The van der Waals surface area contributed by atoms with Crippen molar-refractivity contribution in [3.63, 3.8) is 0 Å². The summed E-state index contributed by atoms with van der Waals surface area (Å²) in [6.45, 7) is 6.13. The van der Waals surface area contributed by atoms with Crippen molar-refractivity contribution in [3.8, 4) is 5.69 Å². The van der Waals surface area contributed by atoms with Gasteiger partial charge in [0.25, 0.3) is 11.5 Å². The Morgan fingerprint density at radius 2 is 1.80 bits per heavy atom. The molecule has 0 bridgehead atoms. The number of para-hydroxylation sites is 1. The average Bonchev–Trinajstić information content (AvgIpc) is 3.51. The number of aromatic nitrogens is 5. The van der Waals surface area contributed by atoms with E-state index in [1.165, 1.54) is 4.68 Å². The zero-order valence-electron chi connectivity index (χ0n) is 23.4. The summed E-state index contributed by atoms with van der Waals surface area (Å²) in [6.07, 6.45) is 8.25. The van der Waals surface area contributed by atoms with Gasteiger partial charge in [-0.15, -0.1) is 6.58 Å². The second kappa shape index (κ2) is 12.6. The number of carbonyl (C=O) groups is 1. The van der Waals surface area contributed by atoms with Gasteiger partial charge in [0.05, 0.1) is 11.1 Å². The minimum atomic E-state index is -0.595. The number of aryl methyl sites for hydroxylation is 3. The fraction of sp³-hybridized carbons (Fsp3) is 0.161. The molecule has 0 fully saturated rings. The minimum absolute atomic E-state index is 0.0109. The highest BCUT2D eigenvalue weighted by atomic mass is 16.1. The Morgan fingerprint density at radius 1 is 1.05 bits per heavy atom. The van der Waals surface area contributed by atoms with E-state index in [0.29, 0.717) is 12.4 Å². The first-order chi connectivity index (χ1) is 19.7. The zero-order valence-corrected chi connectivity index (χ0v) is 23.4. The van der Waals surface area contributed by atoms with Crippen LogP contribution in [0.1, 0.15) is 34.2 Å². The number of rotatable bonds is 8. The van der Waals surface area contributed by atoms with Gasteiger partial charge in [-0.3, -0.25) is 23.5 Å². The fourth-order valence-electron chi connectivity index (χ4n) is 4.56. The molecular formula is C31H34N8O2. The molecule has 210 valence electrons. The maximum atomic E-state index is 13.5. The van der Waals surface area contributed by atoms with Gasteiger partial charge in [0.1, 0.15) is 11.4 Å². The van der Waals surface area contributed by atoms with Gasteiger partial charge >= 0.3 is 0 Å². The van der Waals surface area contributed by atoms with Crippen molar-refractivity contribution < 1.29 is 4.79 Å². The Balaban J connectivity index is 0.000000234. The van der Waals surface area contributed by atoms with Crippen LogP contribution < -0.4 is 22.3 Å². The number of nitrogen functional groups attached to an aromatic ring is 1. The highest BCUT2D eigenvalue weighted by Gasteiger charge is 2.18. The number of pyridine rings is 1. The van der Waals surface area contributed by atoms with Crippen LogP contribution in [0, 0.1) is 0 Å². The molecule has 1 amide bonds. The molecule has 5 N–H and O–H groups in total. The molecule has 3 aromatic heterocycles. The molecule has 0 unspecified atom stereocenters. The number of primary amides is 1. The Morgan fingerprint density at radius 3 is 2.44 bits per heavy atom. The summed E-state index contributed by atoms with van der Waals surface area (Å²) in [4.78, 5) is 24.5. The third-order valence-corrected chi connectivity index (χ3v) is 6.43. The quantitative estimate of drug-likeness (QED) is 0.248. The molecule has 0 spiro atoms. The number of fused-ring (bicyclic) bond motifs is 1. The Labute approximate surface area is 238 Å². The van der Waals surface area contributed by atoms with Crippen molar-refractivity contribution in [3.05, 3.63) is 112 Å². The van der Waals surface area contributed by atoms with E-state index in [9.17, 15) is 9.59 Å². The van der Waals surface area contributed by atoms with E-state index in [2.05, 4.69) is 35.1 Å². The topological polar surface area (TPSA) is 139 Å². The number of nitrogens with zero attached hydrogens (tertiary/aromatic N) is 5. The number of hydrogen-bond acceptors (Lipinski definition) is 6. The van der Waals surface area contributed by atoms with E-state index in [1.807, 2.05) is 84.6 Å². The fourth-order valence-corrected chi connectivity index (χ4v) is 4.56. The predicted molar refractivity (Wildman–Crippen MR) is 166 cm³/mol. The summed E-state index contributed by atoms with van der Waals surface area (Å²) in [6, 6.07) is 19.8. The van der Waals surface area contributed by atoms with Crippen LogP contribution in [0.3, 0.4) is 0 Å². The molecule has 5 aromatic rings. The molecule has 41 heavy (non-hydrogen) atoms. The highest BCUT2D eigenvalue weighted by molar-refractivity contribution is 6.02. The van der Waals surface area contributed by atoms with Gasteiger partial charge in [-0.25, -0.2) is 0 Å². The van der Waals surface area contributed by atoms with E-state index in [0.717, 1.165) is 39.8 Å². The van der Waals surface area contributed by atoms with Crippen molar-refractivity contribution in [1.29, 1.82) is 0 Å². The predicted octanol–water partition coefficient (Wildman–Crippen LogP) is 4.16. The van der Waals surface area contributed by atoms with Crippen LogP contribution in [0.25, 0.3) is 28.6 Å². The zero-order chi connectivity index (χ0) is 29.5. The van der Waals surface area contributed by atoms with E-state index in [4.69, 9.17) is 11.5 Å². The van der Waals surface area contributed by atoms with Crippen LogP contribution in [-0.4, -0.2) is 36.6 Å². The third-order valence-electron chi connectivity index (χ3n) is 6.43.